The summed E-state index contributed by atoms with van der Waals surface area (Å²) in [5.41, 5.74) is -0.872. The topological polar surface area (TPSA) is 38.8 Å². The molecule has 3 unspecified atom stereocenters. The SMILES string of the molecule is CCC1CCCC2(C1)OC2(C(=O)OC)C(C)C. The Morgan fingerprint density at radius 2 is 2.24 bits per heavy atom. The first-order valence-electron chi connectivity index (χ1n) is 6.81. The van der Waals surface area contributed by atoms with E-state index in [2.05, 4.69) is 20.8 Å². The summed E-state index contributed by atoms with van der Waals surface area (Å²) in [6, 6.07) is 0. The molecule has 98 valence electrons. The lowest BCUT2D eigenvalue weighted by molar-refractivity contribution is -0.148. The summed E-state index contributed by atoms with van der Waals surface area (Å²) >= 11 is 0. The first-order valence-corrected chi connectivity index (χ1v) is 6.81. The van der Waals surface area contributed by atoms with Crippen LogP contribution in [0, 0.1) is 11.8 Å². The molecule has 1 heterocycles. The van der Waals surface area contributed by atoms with Crippen molar-refractivity contribution < 1.29 is 14.3 Å². The number of methoxy groups -OCH3 is 1. The minimum atomic E-state index is -0.657. The van der Waals surface area contributed by atoms with Gasteiger partial charge >= 0.3 is 5.97 Å². The van der Waals surface area contributed by atoms with Crippen molar-refractivity contribution in [3.8, 4) is 0 Å². The molecule has 2 aliphatic rings. The van der Waals surface area contributed by atoms with Gasteiger partial charge in [0.1, 0.15) is 5.60 Å². The predicted octanol–water partition coefficient (Wildman–Crippen LogP) is 2.92. The lowest BCUT2D eigenvalue weighted by Crippen LogP contribution is -2.42. The number of hydrogen-bond donors (Lipinski definition) is 0. The molecule has 3 nitrogen and oxygen atoms in total. The van der Waals surface area contributed by atoms with Gasteiger partial charge in [-0.25, -0.2) is 4.79 Å². The van der Waals surface area contributed by atoms with Gasteiger partial charge in [0.25, 0.3) is 0 Å². The number of esters is 1. The fourth-order valence-corrected chi connectivity index (χ4v) is 3.67. The van der Waals surface area contributed by atoms with Gasteiger partial charge in [0.05, 0.1) is 7.11 Å². The molecule has 0 radical (unpaired) electrons. The first-order chi connectivity index (χ1) is 8.02. The third-order valence-corrected chi connectivity index (χ3v) is 4.68. The average molecular weight is 240 g/mol. The predicted molar refractivity (Wildman–Crippen MR) is 65.7 cm³/mol. The average Bonchev–Trinajstić information content (AvgIpc) is 2.97. The highest BCUT2D eigenvalue weighted by Gasteiger charge is 2.76. The Kier molecular flexibility index (Phi) is 3.23. The van der Waals surface area contributed by atoms with Crippen molar-refractivity contribution in [3.05, 3.63) is 0 Å². The molecule has 1 saturated heterocycles. The maximum atomic E-state index is 12.1. The van der Waals surface area contributed by atoms with Gasteiger partial charge in [0.15, 0.2) is 5.60 Å². The van der Waals surface area contributed by atoms with Gasteiger partial charge in [-0.15, -0.1) is 0 Å². The molecule has 0 N–H and O–H groups in total. The molecule has 0 aromatic rings. The molecule has 2 fully saturated rings. The molecular weight excluding hydrogens is 216 g/mol. The van der Waals surface area contributed by atoms with Crippen LogP contribution >= 0.6 is 0 Å². The molecule has 1 aliphatic heterocycles. The highest BCUT2D eigenvalue weighted by atomic mass is 16.7. The van der Waals surface area contributed by atoms with Crippen molar-refractivity contribution in [2.45, 2.75) is 64.1 Å². The Balaban J connectivity index is 2.20. The Morgan fingerprint density at radius 3 is 2.76 bits per heavy atom. The molecule has 0 amide bonds. The number of epoxide rings is 1. The van der Waals surface area contributed by atoms with Crippen LogP contribution in [0.3, 0.4) is 0 Å². The number of carbonyl (C=O) groups excluding carboxylic acids is 1. The van der Waals surface area contributed by atoms with E-state index >= 15 is 0 Å². The maximum absolute atomic E-state index is 12.1. The van der Waals surface area contributed by atoms with Crippen molar-refractivity contribution in [2.75, 3.05) is 7.11 Å². The van der Waals surface area contributed by atoms with Crippen molar-refractivity contribution in [1.82, 2.24) is 0 Å². The smallest absolute Gasteiger partial charge is 0.341 e. The molecule has 0 aromatic carbocycles. The van der Waals surface area contributed by atoms with Gasteiger partial charge in [-0.1, -0.05) is 40.0 Å². The molecule has 2 rings (SSSR count). The summed E-state index contributed by atoms with van der Waals surface area (Å²) in [7, 11) is 1.46. The second kappa shape index (κ2) is 4.27. The zero-order valence-corrected chi connectivity index (χ0v) is 11.4. The van der Waals surface area contributed by atoms with Crippen molar-refractivity contribution >= 4 is 5.97 Å². The summed E-state index contributed by atoms with van der Waals surface area (Å²) < 4.78 is 11.0. The van der Waals surface area contributed by atoms with Crippen LogP contribution in [-0.4, -0.2) is 24.3 Å². The number of rotatable bonds is 3. The quantitative estimate of drug-likeness (QED) is 0.562. The second-order valence-electron chi connectivity index (χ2n) is 5.85. The van der Waals surface area contributed by atoms with E-state index in [-0.39, 0.29) is 17.5 Å². The summed E-state index contributed by atoms with van der Waals surface area (Å²) in [5.74, 6) is 0.712. The van der Waals surface area contributed by atoms with E-state index in [4.69, 9.17) is 9.47 Å². The Hall–Kier alpha value is -0.570. The molecule has 17 heavy (non-hydrogen) atoms. The van der Waals surface area contributed by atoms with Crippen LogP contribution in [0.15, 0.2) is 0 Å². The van der Waals surface area contributed by atoms with E-state index in [1.54, 1.807) is 0 Å². The van der Waals surface area contributed by atoms with E-state index in [0.29, 0.717) is 5.92 Å². The second-order valence-corrected chi connectivity index (χ2v) is 5.85. The van der Waals surface area contributed by atoms with E-state index in [0.717, 1.165) is 12.8 Å². The first kappa shape index (κ1) is 12.9. The zero-order valence-electron chi connectivity index (χ0n) is 11.4. The van der Waals surface area contributed by atoms with Gasteiger partial charge in [-0.2, -0.15) is 0 Å². The fraction of sp³-hybridized carbons (Fsp3) is 0.929. The van der Waals surface area contributed by atoms with Crippen LogP contribution in [0.2, 0.25) is 0 Å². The van der Waals surface area contributed by atoms with Crippen molar-refractivity contribution in [1.29, 1.82) is 0 Å². The molecule has 0 aromatic heterocycles. The lowest BCUT2D eigenvalue weighted by atomic mass is 9.71. The van der Waals surface area contributed by atoms with Gasteiger partial charge in [-0.05, 0) is 24.7 Å². The maximum Gasteiger partial charge on any atom is 0.341 e. The van der Waals surface area contributed by atoms with Crippen molar-refractivity contribution in [3.63, 3.8) is 0 Å². The minimum absolute atomic E-state index is 0.177. The highest BCUT2D eigenvalue weighted by Crippen LogP contribution is 2.61. The Labute approximate surface area is 104 Å². The molecule has 1 saturated carbocycles. The normalized spacial score (nSPS) is 40.6. The van der Waals surface area contributed by atoms with Crippen LogP contribution in [0.5, 0.6) is 0 Å². The molecule has 0 bridgehead atoms. The van der Waals surface area contributed by atoms with E-state index in [1.807, 2.05) is 0 Å². The van der Waals surface area contributed by atoms with Crippen molar-refractivity contribution in [2.24, 2.45) is 11.8 Å². The number of hydrogen-bond acceptors (Lipinski definition) is 3. The third-order valence-electron chi connectivity index (χ3n) is 4.68. The monoisotopic (exact) mass is 240 g/mol. The van der Waals surface area contributed by atoms with Crippen LogP contribution in [0.1, 0.15) is 52.9 Å². The van der Waals surface area contributed by atoms with Crippen LogP contribution in [0.25, 0.3) is 0 Å². The molecule has 3 heteroatoms. The van der Waals surface area contributed by atoms with Gasteiger partial charge < -0.3 is 9.47 Å². The van der Waals surface area contributed by atoms with Crippen LogP contribution < -0.4 is 0 Å². The third kappa shape index (κ3) is 1.70. The highest BCUT2D eigenvalue weighted by molar-refractivity contribution is 5.85. The van der Waals surface area contributed by atoms with Crippen LogP contribution in [-0.2, 0) is 14.3 Å². The molecule has 3 atom stereocenters. The minimum Gasteiger partial charge on any atom is -0.467 e. The molecular formula is C14H24O3. The standard InChI is InChI=1S/C14H24O3/c1-5-11-7-6-8-13(9-11)14(17-13,10(2)3)12(15)16-4/h10-11H,5-9H2,1-4H3. The summed E-state index contributed by atoms with van der Waals surface area (Å²) in [6.45, 7) is 6.34. The largest absolute Gasteiger partial charge is 0.467 e. The van der Waals surface area contributed by atoms with E-state index < -0.39 is 5.60 Å². The zero-order chi connectivity index (χ0) is 12.7. The van der Waals surface area contributed by atoms with Gasteiger partial charge in [-0.3, -0.25) is 0 Å². The Bertz CT molecular complexity index is 313. The number of carbonyl (C=O) groups is 1. The molecule has 1 spiro atoms. The van der Waals surface area contributed by atoms with Gasteiger partial charge in [0.2, 0.25) is 0 Å². The summed E-state index contributed by atoms with van der Waals surface area (Å²) in [4.78, 5) is 12.1. The van der Waals surface area contributed by atoms with Crippen LogP contribution in [0.4, 0.5) is 0 Å². The summed E-state index contributed by atoms with van der Waals surface area (Å²) in [6.07, 6.45) is 5.66. The molecule has 1 aliphatic carbocycles. The Morgan fingerprint density at radius 1 is 1.53 bits per heavy atom. The summed E-state index contributed by atoms with van der Waals surface area (Å²) in [5, 5.41) is 0. The van der Waals surface area contributed by atoms with E-state index in [1.165, 1.54) is 26.4 Å². The number of ether oxygens (including phenoxy) is 2. The van der Waals surface area contributed by atoms with Gasteiger partial charge in [0, 0.05) is 0 Å². The fourth-order valence-electron chi connectivity index (χ4n) is 3.67. The van der Waals surface area contributed by atoms with E-state index in [9.17, 15) is 4.79 Å². The lowest BCUT2D eigenvalue weighted by Gasteiger charge is -2.29.